The first kappa shape index (κ1) is 17.0. The van der Waals surface area contributed by atoms with Gasteiger partial charge in [0.25, 0.3) is 5.91 Å². The van der Waals surface area contributed by atoms with Gasteiger partial charge in [-0.3, -0.25) is 9.48 Å². The quantitative estimate of drug-likeness (QED) is 0.912. The Morgan fingerprint density at radius 2 is 2.17 bits per heavy atom. The highest BCUT2D eigenvalue weighted by atomic mass is 35.5. The second-order valence-electron chi connectivity index (χ2n) is 6.13. The number of aromatic nitrogens is 4. The predicted octanol–water partition coefficient (Wildman–Crippen LogP) is 1.88. The van der Waals surface area contributed by atoms with Crippen molar-refractivity contribution in [2.75, 3.05) is 13.1 Å². The van der Waals surface area contributed by atoms with Crippen molar-refractivity contribution >= 4 is 17.5 Å². The van der Waals surface area contributed by atoms with Crippen molar-refractivity contribution in [2.24, 2.45) is 13.0 Å². The van der Waals surface area contributed by atoms with E-state index in [-0.39, 0.29) is 11.8 Å². The van der Waals surface area contributed by atoms with Gasteiger partial charge in [-0.05, 0) is 25.7 Å². The lowest BCUT2D eigenvalue weighted by Gasteiger charge is -2.34. The number of amides is 1. The van der Waals surface area contributed by atoms with E-state index in [9.17, 15) is 9.90 Å². The molecule has 0 spiro atoms. The van der Waals surface area contributed by atoms with Gasteiger partial charge in [-0.2, -0.15) is 5.10 Å². The number of rotatable bonds is 4. The Bertz CT molecular complexity index is 718. The van der Waals surface area contributed by atoms with Crippen LogP contribution in [0.25, 0.3) is 0 Å². The first-order chi connectivity index (χ1) is 11.5. The van der Waals surface area contributed by atoms with Crippen LogP contribution >= 0.6 is 11.6 Å². The monoisotopic (exact) mass is 351 g/mol. The van der Waals surface area contributed by atoms with Gasteiger partial charge in [-0.15, -0.1) is 0 Å². The van der Waals surface area contributed by atoms with Crippen LogP contribution in [0.5, 0.6) is 0 Å². The minimum Gasteiger partial charge on any atom is -0.385 e. The van der Waals surface area contributed by atoms with Gasteiger partial charge in [0.2, 0.25) is 0 Å². The summed E-state index contributed by atoms with van der Waals surface area (Å²) in [5, 5.41) is 15.0. The average molecular weight is 352 g/mol. The summed E-state index contributed by atoms with van der Waals surface area (Å²) in [6, 6.07) is 0. The first-order valence-corrected chi connectivity index (χ1v) is 8.56. The van der Waals surface area contributed by atoms with Gasteiger partial charge >= 0.3 is 0 Å². The lowest BCUT2D eigenvalue weighted by molar-refractivity contribution is 0.0413. The molecule has 0 bridgehead atoms. The van der Waals surface area contributed by atoms with E-state index in [0.717, 1.165) is 12.8 Å². The molecule has 2 aromatic heterocycles. The molecule has 0 radical (unpaired) electrons. The SMILES string of the molecule is CCn1ncc(Cl)c1C(=O)N1CCC(C(O)c2nccn2C)CC1. The highest BCUT2D eigenvalue weighted by Gasteiger charge is 2.32. The third kappa shape index (κ3) is 3.06. The van der Waals surface area contributed by atoms with E-state index in [0.29, 0.717) is 36.2 Å². The van der Waals surface area contributed by atoms with Gasteiger partial charge in [0.15, 0.2) is 0 Å². The van der Waals surface area contributed by atoms with Crippen molar-refractivity contribution in [1.82, 2.24) is 24.2 Å². The number of nitrogens with zero attached hydrogens (tertiary/aromatic N) is 5. The number of imidazole rings is 1. The Morgan fingerprint density at radius 3 is 2.75 bits per heavy atom. The third-order valence-electron chi connectivity index (χ3n) is 4.69. The van der Waals surface area contributed by atoms with Gasteiger partial charge in [0.1, 0.15) is 17.6 Å². The van der Waals surface area contributed by atoms with Crippen LogP contribution in [-0.4, -0.2) is 48.3 Å². The van der Waals surface area contributed by atoms with Crippen molar-refractivity contribution in [3.63, 3.8) is 0 Å². The fourth-order valence-corrected chi connectivity index (χ4v) is 3.48. The number of aliphatic hydroxyl groups is 1. The van der Waals surface area contributed by atoms with Gasteiger partial charge < -0.3 is 14.6 Å². The number of carbonyl (C=O) groups is 1. The third-order valence-corrected chi connectivity index (χ3v) is 4.97. The van der Waals surface area contributed by atoms with Crippen LogP contribution in [0.2, 0.25) is 5.02 Å². The van der Waals surface area contributed by atoms with Gasteiger partial charge in [0, 0.05) is 39.1 Å². The van der Waals surface area contributed by atoms with Crippen molar-refractivity contribution in [2.45, 2.75) is 32.4 Å². The van der Waals surface area contributed by atoms with E-state index >= 15 is 0 Å². The maximum Gasteiger partial charge on any atom is 0.273 e. The Kier molecular flexibility index (Phi) is 4.91. The summed E-state index contributed by atoms with van der Waals surface area (Å²) in [6.45, 7) is 3.71. The molecule has 3 rings (SSSR count). The lowest BCUT2D eigenvalue weighted by Crippen LogP contribution is -2.41. The van der Waals surface area contributed by atoms with Gasteiger partial charge in [0.05, 0.1) is 11.2 Å². The molecule has 1 fully saturated rings. The molecule has 1 N–H and O–H groups in total. The topological polar surface area (TPSA) is 76.2 Å². The Labute approximate surface area is 145 Å². The second kappa shape index (κ2) is 6.94. The molecule has 0 aliphatic carbocycles. The number of hydrogen-bond donors (Lipinski definition) is 1. The zero-order chi connectivity index (χ0) is 17.3. The van der Waals surface area contributed by atoms with Crippen molar-refractivity contribution in [1.29, 1.82) is 0 Å². The zero-order valence-electron chi connectivity index (χ0n) is 13.9. The lowest BCUT2D eigenvalue weighted by atomic mass is 9.90. The summed E-state index contributed by atoms with van der Waals surface area (Å²) in [5.41, 5.74) is 0.447. The molecule has 24 heavy (non-hydrogen) atoms. The largest absolute Gasteiger partial charge is 0.385 e. The van der Waals surface area contributed by atoms with Crippen LogP contribution in [-0.2, 0) is 13.6 Å². The summed E-state index contributed by atoms with van der Waals surface area (Å²) in [4.78, 5) is 18.7. The smallest absolute Gasteiger partial charge is 0.273 e. The molecule has 1 aliphatic rings. The van der Waals surface area contributed by atoms with Crippen LogP contribution in [0.15, 0.2) is 18.6 Å². The minimum absolute atomic E-state index is 0.0933. The fourth-order valence-electron chi connectivity index (χ4n) is 3.26. The number of carbonyl (C=O) groups excluding carboxylic acids is 1. The van der Waals surface area contributed by atoms with Crippen LogP contribution in [0.3, 0.4) is 0 Å². The molecule has 3 heterocycles. The maximum atomic E-state index is 12.7. The molecular weight excluding hydrogens is 330 g/mol. The van der Waals surface area contributed by atoms with Crippen molar-refractivity contribution in [3.05, 3.63) is 35.1 Å². The summed E-state index contributed by atoms with van der Waals surface area (Å²) < 4.78 is 3.46. The molecule has 2 aromatic rings. The number of halogens is 1. The summed E-state index contributed by atoms with van der Waals surface area (Å²) in [5.74, 6) is 0.679. The normalized spacial score (nSPS) is 17.2. The van der Waals surface area contributed by atoms with Crippen LogP contribution in [0, 0.1) is 5.92 Å². The maximum absolute atomic E-state index is 12.7. The second-order valence-corrected chi connectivity index (χ2v) is 6.53. The molecule has 1 aliphatic heterocycles. The van der Waals surface area contributed by atoms with Crippen LogP contribution in [0.1, 0.15) is 42.2 Å². The van der Waals surface area contributed by atoms with Gasteiger partial charge in [-0.1, -0.05) is 11.6 Å². The Morgan fingerprint density at radius 1 is 1.46 bits per heavy atom. The number of aliphatic hydroxyl groups excluding tert-OH is 1. The standard InChI is InChI=1S/C16H22ClN5O2/c1-3-22-13(12(17)10-19-22)16(24)21-7-4-11(5-8-21)14(23)15-18-6-9-20(15)2/h6,9-11,14,23H,3-5,7-8H2,1-2H3. The molecule has 0 aromatic carbocycles. The average Bonchev–Trinajstić information content (AvgIpc) is 3.19. The molecule has 7 nitrogen and oxygen atoms in total. The van der Waals surface area contributed by atoms with Gasteiger partial charge in [-0.25, -0.2) is 4.98 Å². The number of hydrogen-bond acceptors (Lipinski definition) is 4. The molecule has 0 saturated carbocycles. The summed E-state index contributed by atoms with van der Waals surface area (Å²) in [6.07, 6.45) is 5.88. The molecule has 1 saturated heterocycles. The van der Waals surface area contributed by atoms with E-state index in [1.807, 2.05) is 24.7 Å². The number of aryl methyl sites for hydroxylation is 2. The fraction of sp³-hybridized carbons (Fsp3) is 0.562. The predicted molar refractivity (Wildman–Crippen MR) is 89.7 cm³/mol. The highest BCUT2D eigenvalue weighted by Crippen LogP contribution is 2.30. The minimum atomic E-state index is -0.605. The van der Waals surface area contributed by atoms with E-state index in [2.05, 4.69) is 10.1 Å². The van der Waals surface area contributed by atoms with Crippen molar-refractivity contribution < 1.29 is 9.90 Å². The number of likely N-dealkylation sites (tertiary alicyclic amines) is 1. The molecule has 130 valence electrons. The van der Waals surface area contributed by atoms with E-state index in [4.69, 9.17) is 11.6 Å². The molecule has 8 heteroatoms. The molecule has 1 unspecified atom stereocenters. The summed E-state index contributed by atoms with van der Waals surface area (Å²) in [7, 11) is 1.87. The first-order valence-electron chi connectivity index (χ1n) is 8.18. The molecule has 1 amide bonds. The number of piperidine rings is 1. The van der Waals surface area contributed by atoms with E-state index < -0.39 is 6.10 Å². The van der Waals surface area contributed by atoms with E-state index in [1.54, 1.807) is 15.8 Å². The molecule has 1 atom stereocenters. The van der Waals surface area contributed by atoms with Crippen LogP contribution < -0.4 is 0 Å². The Balaban J connectivity index is 1.66. The van der Waals surface area contributed by atoms with Crippen molar-refractivity contribution in [3.8, 4) is 0 Å². The van der Waals surface area contributed by atoms with Crippen LogP contribution in [0.4, 0.5) is 0 Å². The summed E-state index contributed by atoms with van der Waals surface area (Å²) >= 11 is 6.12. The zero-order valence-corrected chi connectivity index (χ0v) is 14.6. The Hall–Kier alpha value is -1.86. The highest BCUT2D eigenvalue weighted by molar-refractivity contribution is 6.33. The molecular formula is C16H22ClN5O2. The van der Waals surface area contributed by atoms with E-state index in [1.165, 1.54) is 6.20 Å².